The molecule has 2 fully saturated rings. The summed E-state index contributed by atoms with van der Waals surface area (Å²) in [7, 11) is 1.86. The lowest BCUT2D eigenvalue weighted by Gasteiger charge is -2.20. The summed E-state index contributed by atoms with van der Waals surface area (Å²) in [5, 5.41) is 7.09. The summed E-state index contributed by atoms with van der Waals surface area (Å²) in [5.74, 6) is 0.910. The highest BCUT2D eigenvalue weighted by molar-refractivity contribution is 5.80. The fraction of sp³-hybridized carbons (Fsp3) is 0.571. The molecule has 1 saturated carbocycles. The van der Waals surface area contributed by atoms with Crippen LogP contribution in [0.2, 0.25) is 0 Å². The van der Waals surface area contributed by atoms with E-state index < -0.39 is 0 Å². The molecular weight excluding hydrogens is 322 g/mol. The number of aliphatic imine (C=N–C) groups is 1. The fourth-order valence-corrected chi connectivity index (χ4v) is 4.16. The van der Waals surface area contributed by atoms with Crippen LogP contribution in [0.1, 0.15) is 31.7 Å². The first-order valence-electron chi connectivity index (χ1n) is 9.95. The molecule has 1 aliphatic carbocycles. The quantitative estimate of drug-likeness (QED) is 0.484. The predicted octanol–water partition coefficient (Wildman–Crippen LogP) is 2.35. The van der Waals surface area contributed by atoms with E-state index >= 15 is 0 Å². The van der Waals surface area contributed by atoms with Gasteiger partial charge in [0, 0.05) is 57.0 Å². The minimum absolute atomic E-state index is 0.502. The number of hydrogen-bond donors (Lipinski definition) is 2. The zero-order valence-corrected chi connectivity index (χ0v) is 16.0. The maximum atomic E-state index is 4.42. The van der Waals surface area contributed by atoms with Gasteiger partial charge in [-0.15, -0.1) is 0 Å². The average Bonchev–Trinajstić information content (AvgIpc) is 3.22. The van der Waals surface area contributed by atoms with E-state index in [1.165, 1.54) is 30.5 Å². The van der Waals surface area contributed by atoms with E-state index in [9.17, 15) is 0 Å². The Kier molecular flexibility index (Phi) is 5.16. The van der Waals surface area contributed by atoms with Crippen LogP contribution in [0.25, 0.3) is 0 Å². The van der Waals surface area contributed by atoms with Crippen molar-refractivity contribution in [3.8, 4) is 0 Å². The van der Waals surface area contributed by atoms with Crippen molar-refractivity contribution in [3.05, 3.63) is 42.0 Å². The largest absolute Gasteiger partial charge is 0.364 e. The molecule has 2 atom stereocenters. The summed E-state index contributed by atoms with van der Waals surface area (Å²) in [6.07, 6.45) is 8.41. The van der Waals surface area contributed by atoms with Crippen molar-refractivity contribution in [2.24, 2.45) is 4.99 Å². The minimum Gasteiger partial charge on any atom is -0.364 e. The smallest absolute Gasteiger partial charge is 0.191 e. The lowest BCUT2D eigenvalue weighted by molar-refractivity contribution is 0.256. The zero-order chi connectivity index (χ0) is 17.9. The van der Waals surface area contributed by atoms with Crippen molar-refractivity contribution in [2.75, 3.05) is 31.6 Å². The molecule has 5 nitrogen and oxygen atoms in total. The number of anilines is 1. The Hall–Kier alpha value is -2.01. The first-order chi connectivity index (χ1) is 12.7. The molecule has 4 rings (SSSR count). The lowest BCUT2D eigenvalue weighted by Crippen LogP contribution is -2.44. The number of hydrogen-bond acceptors (Lipinski definition) is 3. The van der Waals surface area contributed by atoms with E-state index in [0.29, 0.717) is 12.1 Å². The van der Waals surface area contributed by atoms with Gasteiger partial charge in [-0.05, 0) is 43.9 Å². The second-order valence-electron chi connectivity index (χ2n) is 7.82. The molecule has 2 heterocycles. The second-order valence-corrected chi connectivity index (χ2v) is 7.82. The molecule has 2 N–H and O–H groups in total. The first kappa shape index (κ1) is 17.4. The Morgan fingerprint density at radius 2 is 1.88 bits per heavy atom. The molecule has 0 aromatic heterocycles. The molecule has 140 valence electrons. The van der Waals surface area contributed by atoms with Crippen molar-refractivity contribution in [1.29, 1.82) is 0 Å². The van der Waals surface area contributed by atoms with Crippen LogP contribution in [-0.4, -0.2) is 55.7 Å². The number of rotatable bonds is 5. The van der Waals surface area contributed by atoms with Crippen molar-refractivity contribution in [2.45, 2.75) is 50.9 Å². The standard InChI is InChI=1S/C21H31N5/c1-16-13-18(15-26(16)20-9-10-20)24-21(22-2)23-14-17-5-7-19(8-6-17)25-11-3-4-12-25/h3-8,16,18,20H,9-15H2,1-2H3,(H2,22,23,24). The third-order valence-electron chi connectivity index (χ3n) is 5.78. The zero-order valence-electron chi connectivity index (χ0n) is 16.0. The van der Waals surface area contributed by atoms with Crippen LogP contribution < -0.4 is 15.5 Å². The lowest BCUT2D eigenvalue weighted by atomic mass is 10.2. The summed E-state index contributed by atoms with van der Waals surface area (Å²) < 4.78 is 0. The molecule has 2 unspecified atom stereocenters. The average molecular weight is 354 g/mol. The van der Waals surface area contributed by atoms with Crippen LogP contribution in [-0.2, 0) is 6.54 Å². The van der Waals surface area contributed by atoms with Crippen molar-refractivity contribution >= 4 is 11.6 Å². The number of guanidine groups is 1. The molecule has 0 spiro atoms. The highest BCUT2D eigenvalue weighted by Gasteiger charge is 2.38. The van der Waals surface area contributed by atoms with Gasteiger partial charge in [0.15, 0.2) is 5.96 Å². The van der Waals surface area contributed by atoms with Crippen LogP contribution in [0.3, 0.4) is 0 Å². The van der Waals surface area contributed by atoms with E-state index in [0.717, 1.165) is 38.2 Å². The maximum absolute atomic E-state index is 4.42. The predicted molar refractivity (Wildman–Crippen MR) is 109 cm³/mol. The van der Waals surface area contributed by atoms with Crippen molar-refractivity contribution in [1.82, 2.24) is 15.5 Å². The number of likely N-dealkylation sites (tertiary alicyclic amines) is 1. The van der Waals surface area contributed by atoms with Gasteiger partial charge >= 0.3 is 0 Å². The number of benzene rings is 1. The van der Waals surface area contributed by atoms with Crippen LogP contribution in [0.4, 0.5) is 5.69 Å². The van der Waals surface area contributed by atoms with E-state index in [1.54, 1.807) is 0 Å². The summed E-state index contributed by atoms with van der Waals surface area (Å²) in [4.78, 5) is 9.45. The van der Waals surface area contributed by atoms with E-state index in [-0.39, 0.29) is 0 Å². The van der Waals surface area contributed by atoms with Crippen LogP contribution >= 0.6 is 0 Å². The molecule has 2 aliphatic heterocycles. The molecular formula is C21H31N5. The van der Waals surface area contributed by atoms with Crippen LogP contribution in [0, 0.1) is 0 Å². The molecule has 0 amide bonds. The van der Waals surface area contributed by atoms with Gasteiger partial charge in [0.2, 0.25) is 0 Å². The van der Waals surface area contributed by atoms with E-state index in [4.69, 9.17) is 0 Å². The topological polar surface area (TPSA) is 42.9 Å². The number of nitrogens with zero attached hydrogens (tertiary/aromatic N) is 3. The normalized spacial score (nSPS) is 26.5. The van der Waals surface area contributed by atoms with Gasteiger partial charge in [0.1, 0.15) is 0 Å². The number of nitrogens with one attached hydrogen (secondary N) is 2. The SMILES string of the molecule is CN=C(NCc1ccc(N2CC=CC2)cc1)NC1CC(C)N(C2CC2)C1. The molecule has 1 aromatic rings. The molecule has 1 saturated heterocycles. The van der Waals surface area contributed by atoms with Crippen molar-refractivity contribution < 1.29 is 0 Å². The molecule has 26 heavy (non-hydrogen) atoms. The fourth-order valence-electron chi connectivity index (χ4n) is 4.16. The van der Waals surface area contributed by atoms with Gasteiger partial charge in [-0.1, -0.05) is 24.3 Å². The summed E-state index contributed by atoms with van der Waals surface area (Å²) >= 11 is 0. The summed E-state index contributed by atoms with van der Waals surface area (Å²) in [5.41, 5.74) is 2.57. The van der Waals surface area contributed by atoms with Gasteiger partial charge in [-0.25, -0.2) is 0 Å². The Morgan fingerprint density at radius 1 is 1.15 bits per heavy atom. The third-order valence-corrected chi connectivity index (χ3v) is 5.78. The minimum atomic E-state index is 0.502. The Morgan fingerprint density at radius 3 is 2.54 bits per heavy atom. The summed E-state index contributed by atoms with van der Waals surface area (Å²) in [6, 6.07) is 10.9. The summed E-state index contributed by atoms with van der Waals surface area (Å²) in [6.45, 7) is 6.34. The van der Waals surface area contributed by atoms with Gasteiger partial charge in [-0.3, -0.25) is 9.89 Å². The maximum Gasteiger partial charge on any atom is 0.191 e. The van der Waals surface area contributed by atoms with Crippen LogP contribution in [0.5, 0.6) is 0 Å². The first-order valence-corrected chi connectivity index (χ1v) is 9.95. The Labute approximate surface area is 157 Å². The van der Waals surface area contributed by atoms with Crippen molar-refractivity contribution in [3.63, 3.8) is 0 Å². The Bertz CT molecular complexity index is 653. The highest BCUT2D eigenvalue weighted by Crippen LogP contribution is 2.33. The Balaban J connectivity index is 1.26. The van der Waals surface area contributed by atoms with E-state index in [2.05, 4.69) is 68.8 Å². The monoisotopic (exact) mass is 353 g/mol. The van der Waals surface area contributed by atoms with Gasteiger partial charge in [0.05, 0.1) is 0 Å². The van der Waals surface area contributed by atoms with Gasteiger partial charge in [0.25, 0.3) is 0 Å². The second kappa shape index (κ2) is 7.70. The molecule has 3 aliphatic rings. The molecule has 0 radical (unpaired) electrons. The van der Waals surface area contributed by atoms with E-state index in [1.807, 2.05) is 7.05 Å². The third kappa shape index (κ3) is 4.04. The van der Waals surface area contributed by atoms with Crippen LogP contribution in [0.15, 0.2) is 41.4 Å². The van der Waals surface area contributed by atoms with Gasteiger partial charge < -0.3 is 15.5 Å². The molecule has 0 bridgehead atoms. The highest BCUT2D eigenvalue weighted by atomic mass is 15.3. The molecule has 5 heteroatoms. The van der Waals surface area contributed by atoms with Gasteiger partial charge in [-0.2, -0.15) is 0 Å². The molecule has 1 aromatic carbocycles.